The van der Waals surface area contributed by atoms with Crippen LogP contribution >= 0.6 is 0 Å². The number of hydrogen-bond acceptors (Lipinski definition) is 2. The largest absolute Gasteiger partial charge is 0.508 e. The molecule has 2 nitrogen and oxygen atoms in total. The summed E-state index contributed by atoms with van der Waals surface area (Å²) in [4.78, 5) is 0. The second-order valence-corrected chi connectivity index (χ2v) is 7.16. The molecule has 0 aliphatic heterocycles. The highest BCUT2D eigenvalue weighted by Crippen LogP contribution is 2.53. The van der Waals surface area contributed by atoms with E-state index in [0.717, 1.165) is 35.3 Å². The third-order valence-electron chi connectivity index (χ3n) is 5.71. The summed E-state index contributed by atoms with van der Waals surface area (Å²) in [5, 5.41) is 13.1. The van der Waals surface area contributed by atoms with Crippen molar-refractivity contribution in [2.45, 2.75) is 44.7 Å². The maximum absolute atomic E-state index is 13.3. The van der Waals surface area contributed by atoms with Gasteiger partial charge in [-0.05, 0) is 73.5 Å². The van der Waals surface area contributed by atoms with Gasteiger partial charge in [-0.15, -0.1) is 0 Å². The molecule has 4 saturated carbocycles. The molecule has 4 fully saturated rings. The van der Waals surface area contributed by atoms with Gasteiger partial charge in [0.2, 0.25) is 0 Å². The minimum atomic E-state index is -0.355. The van der Waals surface area contributed by atoms with Gasteiger partial charge in [0.05, 0.1) is 0 Å². The van der Waals surface area contributed by atoms with Crippen LogP contribution in [0.1, 0.15) is 37.7 Å². The zero-order chi connectivity index (χ0) is 13.7. The van der Waals surface area contributed by atoms with Crippen molar-refractivity contribution in [1.82, 2.24) is 5.32 Å². The fraction of sp³-hybridized carbons (Fsp3) is 0.647. The van der Waals surface area contributed by atoms with Crippen LogP contribution in [0, 0.1) is 29.5 Å². The molecule has 0 aromatic heterocycles. The number of rotatable bonds is 3. The van der Waals surface area contributed by atoms with Crippen LogP contribution in [-0.2, 0) is 6.54 Å². The maximum atomic E-state index is 13.3. The Kier molecular flexibility index (Phi) is 2.99. The molecule has 1 aromatic carbocycles. The average Bonchev–Trinajstić information content (AvgIpc) is 2.35. The van der Waals surface area contributed by atoms with Crippen LogP contribution in [0.4, 0.5) is 4.39 Å². The highest BCUT2D eigenvalue weighted by atomic mass is 19.1. The number of hydrogen-bond donors (Lipinski definition) is 2. The van der Waals surface area contributed by atoms with E-state index in [1.54, 1.807) is 6.07 Å². The standard InChI is InChI=1S/C17H22FNO/c18-15-6-12(7-16(20)8-15)9-19-17-13-2-10-1-11(4-13)5-14(17)3-10/h6-8,10-11,13-14,17,19-20H,1-5,9H2. The number of benzene rings is 1. The number of phenols is 1. The van der Waals surface area contributed by atoms with Gasteiger partial charge in [0.15, 0.2) is 0 Å². The summed E-state index contributed by atoms with van der Waals surface area (Å²) in [6.07, 6.45) is 7.02. The monoisotopic (exact) mass is 275 g/mol. The molecular formula is C17H22FNO. The summed E-state index contributed by atoms with van der Waals surface area (Å²) >= 11 is 0. The third kappa shape index (κ3) is 2.22. The second kappa shape index (κ2) is 4.73. The Morgan fingerprint density at radius 3 is 2.25 bits per heavy atom. The normalized spacial score (nSPS) is 38.4. The molecule has 1 aromatic rings. The average molecular weight is 275 g/mol. The lowest BCUT2D eigenvalue weighted by molar-refractivity contribution is -0.0142. The third-order valence-corrected chi connectivity index (χ3v) is 5.71. The lowest BCUT2D eigenvalue weighted by Crippen LogP contribution is -2.54. The SMILES string of the molecule is Oc1cc(F)cc(CNC2C3CC4CC(C3)CC2C4)c1. The number of aromatic hydroxyl groups is 1. The molecule has 3 heteroatoms. The van der Waals surface area contributed by atoms with Crippen LogP contribution < -0.4 is 5.32 Å². The van der Waals surface area contributed by atoms with Crippen molar-refractivity contribution in [3.05, 3.63) is 29.6 Å². The van der Waals surface area contributed by atoms with Crippen LogP contribution in [0.15, 0.2) is 18.2 Å². The highest BCUT2D eigenvalue weighted by Gasteiger charge is 2.47. The summed E-state index contributed by atoms with van der Waals surface area (Å²) in [5.41, 5.74) is 0.844. The van der Waals surface area contributed by atoms with Crippen molar-refractivity contribution in [3.63, 3.8) is 0 Å². The minimum absolute atomic E-state index is 0.0203. The fourth-order valence-corrected chi connectivity index (χ4v) is 5.23. The summed E-state index contributed by atoms with van der Waals surface area (Å²) in [6.45, 7) is 0.665. The van der Waals surface area contributed by atoms with E-state index in [4.69, 9.17) is 0 Å². The van der Waals surface area contributed by atoms with E-state index >= 15 is 0 Å². The van der Waals surface area contributed by atoms with Crippen molar-refractivity contribution in [3.8, 4) is 5.75 Å². The van der Waals surface area contributed by atoms with Crippen LogP contribution in [-0.4, -0.2) is 11.1 Å². The Labute approximate surface area is 119 Å². The Hall–Kier alpha value is -1.09. The van der Waals surface area contributed by atoms with Gasteiger partial charge in [-0.25, -0.2) is 4.39 Å². The molecule has 4 aliphatic carbocycles. The summed E-state index contributed by atoms with van der Waals surface area (Å²) in [7, 11) is 0. The first-order chi connectivity index (χ1) is 9.67. The van der Waals surface area contributed by atoms with E-state index in [-0.39, 0.29) is 11.6 Å². The lowest BCUT2D eigenvalue weighted by atomic mass is 9.54. The Morgan fingerprint density at radius 2 is 1.65 bits per heavy atom. The number of nitrogens with one attached hydrogen (secondary N) is 1. The Bertz CT molecular complexity index is 467. The van der Waals surface area contributed by atoms with Gasteiger partial charge in [-0.3, -0.25) is 0 Å². The molecule has 2 N–H and O–H groups in total. The van der Waals surface area contributed by atoms with Gasteiger partial charge >= 0.3 is 0 Å². The van der Waals surface area contributed by atoms with Crippen LogP contribution in [0.2, 0.25) is 0 Å². The van der Waals surface area contributed by atoms with Crippen LogP contribution in [0.25, 0.3) is 0 Å². The van der Waals surface area contributed by atoms with Crippen molar-refractivity contribution >= 4 is 0 Å². The first kappa shape index (κ1) is 12.6. The first-order valence-corrected chi connectivity index (χ1v) is 7.89. The molecule has 0 saturated heterocycles. The van der Waals surface area contributed by atoms with Crippen molar-refractivity contribution in [1.29, 1.82) is 0 Å². The molecule has 0 atom stereocenters. The summed E-state index contributed by atoms with van der Waals surface area (Å²) < 4.78 is 13.3. The molecule has 0 radical (unpaired) electrons. The summed E-state index contributed by atoms with van der Waals surface area (Å²) in [5.74, 6) is 3.28. The number of halogens is 1. The molecule has 0 spiro atoms. The molecule has 0 amide bonds. The molecule has 20 heavy (non-hydrogen) atoms. The lowest BCUT2D eigenvalue weighted by Gasteiger charge is -2.54. The fourth-order valence-electron chi connectivity index (χ4n) is 5.23. The Morgan fingerprint density at radius 1 is 1.00 bits per heavy atom. The van der Waals surface area contributed by atoms with Gasteiger partial charge in [-0.1, -0.05) is 0 Å². The highest BCUT2D eigenvalue weighted by molar-refractivity contribution is 5.28. The Balaban J connectivity index is 1.44. The van der Waals surface area contributed by atoms with Gasteiger partial charge in [-0.2, -0.15) is 0 Å². The zero-order valence-electron chi connectivity index (χ0n) is 11.7. The predicted molar refractivity (Wildman–Crippen MR) is 75.7 cm³/mol. The predicted octanol–water partition coefficient (Wildman–Crippen LogP) is 3.45. The van der Waals surface area contributed by atoms with Gasteiger partial charge in [0.25, 0.3) is 0 Å². The van der Waals surface area contributed by atoms with E-state index in [0.29, 0.717) is 12.6 Å². The van der Waals surface area contributed by atoms with E-state index in [2.05, 4.69) is 5.32 Å². The molecular weight excluding hydrogens is 253 g/mol. The zero-order valence-corrected chi connectivity index (χ0v) is 11.7. The van der Waals surface area contributed by atoms with Gasteiger partial charge < -0.3 is 10.4 Å². The molecule has 4 bridgehead atoms. The summed E-state index contributed by atoms with van der Waals surface area (Å²) in [6, 6.07) is 4.94. The van der Waals surface area contributed by atoms with Crippen LogP contribution in [0.3, 0.4) is 0 Å². The van der Waals surface area contributed by atoms with Crippen molar-refractivity contribution < 1.29 is 9.50 Å². The number of phenolic OH excluding ortho intramolecular Hbond substituents is 1. The minimum Gasteiger partial charge on any atom is -0.508 e. The van der Waals surface area contributed by atoms with Crippen molar-refractivity contribution in [2.75, 3.05) is 0 Å². The molecule has 0 unspecified atom stereocenters. The molecule has 0 heterocycles. The topological polar surface area (TPSA) is 32.3 Å². The molecule has 5 rings (SSSR count). The van der Waals surface area contributed by atoms with E-state index < -0.39 is 0 Å². The van der Waals surface area contributed by atoms with E-state index in [1.807, 2.05) is 0 Å². The van der Waals surface area contributed by atoms with Gasteiger partial charge in [0, 0.05) is 18.7 Å². The van der Waals surface area contributed by atoms with E-state index in [9.17, 15) is 9.50 Å². The van der Waals surface area contributed by atoms with Gasteiger partial charge in [0.1, 0.15) is 11.6 Å². The smallest absolute Gasteiger partial charge is 0.127 e. The van der Waals surface area contributed by atoms with Crippen molar-refractivity contribution in [2.24, 2.45) is 23.7 Å². The first-order valence-electron chi connectivity index (χ1n) is 7.89. The maximum Gasteiger partial charge on any atom is 0.127 e. The molecule has 108 valence electrons. The second-order valence-electron chi connectivity index (χ2n) is 7.16. The quantitative estimate of drug-likeness (QED) is 0.885. The molecule has 4 aliphatic rings. The van der Waals surface area contributed by atoms with Crippen LogP contribution in [0.5, 0.6) is 5.75 Å². The van der Waals surface area contributed by atoms with E-state index in [1.165, 1.54) is 38.2 Å².